The van der Waals surface area contributed by atoms with E-state index in [9.17, 15) is 8.42 Å². The van der Waals surface area contributed by atoms with E-state index < -0.39 is 10.0 Å². The van der Waals surface area contributed by atoms with Gasteiger partial charge in [-0.25, -0.2) is 12.4 Å². The third kappa shape index (κ3) is 4.32. The fraction of sp³-hybridized carbons (Fsp3) is 0.391. The number of methoxy groups -OCH3 is 1. The van der Waals surface area contributed by atoms with Crippen molar-refractivity contribution in [2.75, 3.05) is 27.7 Å². The molecule has 3 aromatic rings. The van der Waals surface area contributed by atoms with Crippen molar-refractivity contribution in [1.82, 2.24) is 8.87 Å². The van der Waals surface area contributed by atoms with Crippen LogP contribution in [0.1, 0.15) is 32.3 Å². The highest BCUT2D eigenvalue weighted by molar-refractivity contribution is 7.90. The Bertz CT molecular complexity index is 1130. The number of likely N-dealkylation sites (N-methyl/N-ethyl adjacent to an activating group) is 1. The van der Waals surface area contributed by atoms with Crippen molar-refractivity contribution in [3.05, 3.63) is 54.2 Å². The average molecular weight is 431 g/mol. The van der Waals surface area contributed by atoms with Crippen LogP contribution in [0.3, 0.4) is 0 Å². The van der Waals surface area contributed by atoms with Gasteiger partial charge in [-0.15, -0.1) is 0 Å². The van der Waals surface area contributed by atoms with Crippen LogP contribution in [0.5, 0.6) is 11.5 Å². The molecule has 3 rings (SSSR count). The first kappa shape index (κ1) is 22.2. The van der Waals surface area contributed by atoms with Crippen molar-refractivity contribution in [2.24, 2.45) is 0 Å². The zero-order valence-corrected chi connectivity index (χ0v) is 19.2. The van der Waals surface area contributed by atoms with E-state index in [1.807, 2.05) is 51.9 Å². The first-order valence-corrected chi connectivity index (χ1v) is 11.4. The minimum Gasteiger partial charge on any atom is -0.497 e. The first-order valence-electron chi connectivity index (χ1n) is 10.00. The quantitative estimate of drug-likeness (QED) is 0.532. The summed E-state index contributed by atoms with van der Waals surface area (Å²) in [4.78, 5) is 2.31. The lowest BCUT2D eigenvalue weighted by atomic mass is 10.0. The van der Waals surface area contributed by atoms with Crippen molar-refractivity contribution < 1.29 is 17.9 Å². The lowest BCUT2D eigenvalue weighted by Gasteiger charge is -2.23. The number of benzene rings is 2. The second-order valence-electron chi connectivity index (χ2n) is 8.05. The van der Waals surface area contributed by atoms with Crippen LogP contribution in [0.4, 0.5) is 0 Å². The van der Waals surface area contributed by atoms with E-state index in [1.165, 1.54) is 3.97 Å². The Morgan fingerprint density at radius 2 is 1.80 bits per heavy atom. The van der Waals surface area contributed by atoms with Gasteiger partial charge < -0.3 is 14.4 Å². The van der Waals surface area contributed by atoms with Crippen molar-refractivity contribution in [1.29, 1.82) is 0 Å². The summed E-state index contributed by atoms with van der Waals surface area (Å²) in [5, 5.41) is 0.802. The van der Waals surface area contributed by atoms with Crippen molar-refractivity contribution >= 4 is 20.9 Å². The second kappa shape index (κ2) is 8.70. The minimum atomic E-state index is -3.81. The van der Waals surface area contributed by atoms with Crippen LogP contribution in [-0.4, -0.2) is 51.1 Å². The van der Waals surface area contributed by atoms with Gasteiger partial charge in [0.1, 0.15) is 17.6 Å². The smallest absolute Gasteiger partial charge is 0.268 e. The van der Waals surface area contributed by atoms with Crippen molar-refractivity contribution in [3.63, 3.8) is 0 Å². The van der Waals surface area contributed by atoms with Gasteiger partial charge in [-0.05, 0) is 63.3 Å². The van der Waals surface area contributed by atoms with Gasteiger partial charge in [0.05, 0.1) is 17.5 Å². The van der Waals surface area contributed by atoms with Crippen LogP contribution >= 0.6 is 0 Å². The van der Waals surface area contributed by atoms with Gasteiger partial charge in [0.25, 0.3) is 10.0 Å². The lowest BCUT2D eigenvalue weighted by Crippen LogP contribution is -2.28. The molecule has 30 heavy (non-hydrogen) atoms. The minimum absolute atomic E-state index is 0.0283. The van der Waals surface area contributed by atoms with E-state index in [4.69, 9.17) is 9.47 Å². The van der Waals surface area contributed by atoms with Gasteiger partial charge >= 0.3 is 0 Å². The summed E-state index contributed by atoms with van der Waals surface area (Å²) in [5.41, 5.74) is 1.30. The van der Waals surface area contributed by atoms with Gasteiger partial charge in [-0.3, -0.25) is 0 Å². The molecule has 1 heterocycles. The maximum atomic E-state index is 13.7. The van der Waals surface area contributed by atoms with E-state index in [1.54, 1.807) is 43.6 Å². The summed E-state index contributed by atoms with van der Waals surface area (Å²) in [7, 11) is 1.74. The van der Waals surface area contributed by atoms with Gasteiger partial charge in [0.15, 0.2) is 0 Å². The largest absolute Gasteiger partial charge is 0.497 e. The van der Waals surface area contributed by atoms with Crippen LogP contribution in [0.25, 0.3) is 10.9 Å². The summed E-state index contributed by atoms with van der Waals surface area (Å²) >= 11 is 0. The maximum absolute atomic E-state index is 13.7. The van der Waals surface area contributed by atoms with E-state index in [0.717, 1.165) is 11.9 Å². The molecule has 0 fully saturated rings. The second-order valence-corrected chi connectivity index (χ2v) is 9.84. The molecule has 0 aliphatic heterocycles. The van der Waals surface area contributed by atoms with Crippen LogP contribution in [0.15, 0.2) is 53.6 Å². The van der Waals surface area contributed by atoms with E-state index in [0.29, 0.717) is 22.6 Å². The number of fused-ring (bicyclic) bond motifs is 1. The topological polar surface area (TPSA) is 60.8 Å². The number of hydrogen-bond donors (Lipinski definition) is 0. The van der Waals surface area contributed by atoms with Gasteiger partial charge in [0, 0.05) is 23.7 Å². The van der Waals surface area contributed by atoms with Gasteiger partial charge in [-0.1, -0.05) is 19.9 Å². The normalized spacial score (nSPS) is 13.2. The Morgan fingerprint density at radius 3 is 2.43 bits per heavy atom. The molecule has 0 aliphatic carbocycles. The van der Waals surface area contributed by atoms with Crippen LogP contribution in [0.2, 0.25) is 0 Å². The molecule has 0 aliphatic rings. The fourth-order valence-corrected chi connectivity index (χ4v) is 5.45. The van der Waals surface area contributed by atoms with Crippen molar-refractivity contribution in [3.8, 4) is 11.5 Å². The Balaban J connectivity index is 2.11. The zero-order valence-electron chi connectivity index (χ0n) is 18.4. The van der Waals surface area contributed by atoms with Gasteiger partial charge in [0.2, 0.25) is 0 Å². The molecule has 162 valence electrons. The number of nitrogens with zero attached hydrogens (tertiary/aromatic N) is 2. The summed E-state index contributed by atoms with van der Waals surface area (Å²) in [6, 6.07) is 12.4. The van der Waals surface area contributed by atoms with Crippen LogP contribution < -0.4 is 9.47 Å². The zero-order chi connectivity index (χ0) is 22.1. The molecule has 1 unspecified atom stereocenters. The molecule has 0 amide bonds. The Morgan fingerprint density at radius 1 is 1.07 bits per heavy atom. The Kier molecular flexibility index (Phi) is 6.43. The van der Waals surface area contributed by atoms with E-state index in [2.05, 4.69) is 0 Å². The highest BCUT2D eigenvalue weighted by Crippen LogP contribution is 2.35. The Labute approximate surface area is 179 Å². The standard InChI is InChI=1S/C23H30N2O4S/c1-16(2)23-21(29-17(3)15-24(4)5)8-7-9-22(23)30(26,27)25-13-12-18-14-19(28-6)10-11-20(18)25/h7-14,16-17H,15H2,1-6H3. The third-order valence-electron chi connectivity index (χ3n) is 4.95. The number of hydrogen-bond acceptors (Lipinski definition) is 5. The molecule has 2 aromatic carbocycles. The van der Waals surface area contributed by atoms with Crippen LogP contribution in [-0.2, 0) is 10.0 Å². The van der Waals surface area contributed by atoms with E-state index in [-0.39, 0.29) is 16.9 Å². The number of aromatic nitrogens is 1. The first-order chi connectivity index (χ1) is 14.1. The average Bonchev–Trinajstić information content (AvgIpc) is 3.10. The highest BCUT2D eigenvalue weighted by Gasteiger charge is 2.26. The maximum Gasteiger partial charge on any atom is 0.268 e. The summed E-state index contributed by atoms with van der Waals surface area (Å²) in [6.45, 7) is 6.68. The molecule has 1 aromatic heterocycles. The molecule has 6 nitrogen and oxygen atoms in total. The van der Waals surface area contributed by atoms with E-state index >= 15 is 0 Å². The molecule has 0 radical (unpaired) electrons. The molecule has 0 spiro atoms. The number of rotatable bonds is 8. The lowest BCUT2D eigenvalue weighted by molar-refractivity contribution is 0.174. The predicted octanol–water partition coefficient (Wildman–Crippen LogP) is 4.34. The highest BCUT2D eigenvalue weighted by atomic mass is 32.2. The molecule has 0 saturated carbocycles. The number of ether oxygens (including phenoxy) is 2. The SMILES string of the molecule is COc1ccc2c(ccn2S(=O)(=O)c2cccc(OC(C)CN(C)C)c2C(C)C)c1. The molecule has 1 atom stereocenters. The summed E-state index contributed by atoms with van der Waals surface area (Å²) in [6.07, 6.45) is 1.52. The molecular formula is C23H30N2O4S. The fourth-order valence-electron chi connectivity index (χ4n) is 3.73. The monoisotopic (exact) mass is 430 g/mol. The van der Waals surface area contributed by atoms with Crippen molar-refractivity contribution in [2.45, 2.75) is 37.7 Å². The molecule has 0 saturated heterocycles. The Hall–Kier alpha value is -2.51. The van der Waals surface area contributed by atoms with Crippen LogP contribution in [0, 0.1) is 0 Å². The predicted molar refractivity (Wildman–Crippen MR) is 120 cm³/mol. The molecular weight excluding hydrogens is 400 g/mol. The molecule has 7 heteroatoms. The summed E-state index contributed by atoms with van der Waals surface area (Å²) in [5.74, 6) is 1.27. The molecule has 0 N–H and O–H groups in total. The van der Waals surface area contributed by atoms with Gasteiger partial charge in [-0.2, -0.15) is 0 Å². The third-order valence-corrected chi connectivity index (χ3v) is 6.70. The summed E-state index contributed by atoms with van der Waals surface area (Å²) < 4.78 is 40.1. The molecule has 0 bridgehead atoms.